The Morgan fingerprint density at radius 1 is 1.11 bits per heavy atom. The quantitative estimate of drug-likeness (QED) is 0.405. The Morgan fingerprint density at radius 3 is 2.71 bits per heavy atom. The van der Waals surface area contributed by atoms with E-state index in [1.807, 2.05) is 6.07 Å². The smallest absolute Gasteiger partial charge is 0.272 e. The van der Waals surface area contributed by atoms with Gasteiger partial charge in [0.2, 0.25) is 0 Å². The first-order chi connectivity index (χ1) is 17.0. The van der Waals surface area contributed by atoms with Crippen LogP contribution in [0.5, 0.6) is 0 Å². The Bertz CT molecular complexity index is 1280. The number of benzene rings is 2. The standard InChI is InChI=1S/C26H29FN4O4/c27-21-10-9-17(15-22-18-6-3-4-7-19(18)25(34)30-29-22)14-20(21)26(35)31-12-11-28-16-23(31)24(33)8-2-1-5-13-32/h3-4,6-7,9-10,14,23,28,32H,1-2,5,8,11-13,15-16H2,(H,30,34). The molecule has 184 valence electrons. The summed E-state index contributed by atoms with van der Waals surface area (Å²) < 4.78 is 14.8. The van der Waals surface area contributed by atoms with E-state index in [0.717, 1.165) is 6.42 Å². The average molecular weight is 481 g/mol. The summed E-state index contributed by atoms with van der Waals surface area (Å²) in [5.41, 5.74) is 0.908. The highest BCUT2D eigenvalue weighted by Crippen LogP contribution is 2.21. The lowest BCUT2D eigenvalue weighted by Crippen LogP contribution is -2.57. The number of nitrogens with zero attached hydrogens (tertiary/aromatic N) is 2. The molecule has 8 nitrogen and oxygen atoms in total. The van der Waals surface area contributed by atoms with Gasteiger partial charge >= 0.3 is 0 Å². The van der Waals surface area contributed by atoms with Gasteiger partial charge in [-0.25, -0.2) is 9.49 Å². The molecule has 35 heavy (non-hydrogen) atoms. The fraction of sp³-hybridized carbons (Fsp3) is 0.385. The molecule has 3 aromatic rings. The van der Waals surface area contributed by atoms with E-state index in [2.05, 4.69) is 15.5 Å². The molecule has 0 radical (unpaired) electrons. The average Bonchev–Trinajstić information content (AvgIpc) is 2.89. The van der Waals surface area contributed by atoms with Crippen molar-refractivity contribution in [2.75, 3.05) is 26.2 Å². The molecular weight excluding hydrogens is 451 g/mol. The Morgan fingerprint density at radius 2 is 1.91 bits per heavy atom. The zero-order valence-electron chi connectivity index (χ0n) is 19.4. The molecule has 3 N–H and O–H groups in total. The van der Waals surface area contributed by atoms with Gasteiger partial charge in [0.25, 0.3) is 11.5 Å². The normalized spacial score (nSPS) is 15.9. The van der Waals surface area contributed by atoms with Crippen molar-refractivity contribution >= 4 is 22.5 Å². The number of carbonyl (C=O) groups is 2. The molecule has 2 heterocycles. The molecule has 0 aliphatic carbocycles. The van der Waals surface area contributed by atoms with Crippen molar-refractivity contribution in [3.05, 3.63) is 75.5 Å². The highest BCUT2D eigenvalue weighted by molar-refractivity contribution is 5.98. The minimum Gasteiger partial charge on any atom is -0.396 e. The van der Waals surface area contributed by atoms with Crippen molar-refractivity contribution in [3.8, 4) is 0 Å². The number of aliphatic hydroxyl groups excluding tert-OH is 1. The fourth-order valence-corrected chi connectivity index (χ4v) is 4.49. The zero-order valence-corrected chi connectivity index (χ0v) is 19.4. The highest BCUT2D eigenvalue weighted by atomic mass is 19.1. The molecule has 1 saturated heterocycles. The molecule has 1 aliphatic rings. The summed E-state index contributed by atoms with van der Waals surface area (Å²) in [4.78, 5) is 39.7. The molecule has 2 aromatic carbocycles. The second-order valence-electron chi connectivity index (χ2n) is 8.76. The maximum Gasteiger partial charge on any atom is 0.272 e. The Kier molecular flexibility index (Phi) is 7.99. The fourth-order valence-electron chi connectivity index (χ4n) is 4.49. The van der Waals surface area contributed by atoms with Crippen LogP contribution in [-0.4, -0.2) is 64.2 Å². The monoisotopic (exact) mass is 480 g/mol. The van der Waals surface area contributed by atoms with Crippen LogP contribution in [0, 0.1) is 5.82 Å². The van der Waals surface area contributed by atoms with Gasteiger partial charge < -0.3 is 15.3 Å². The lowest BCUT2D eigenvalue weighted by molar-refractivity contribution is -0.124. The summed E-state index contributed by atoms with van der Waals surface area (Å²) >= 11 is 0. The van der Waals surface area contributed by atoms with Crippen molar-refractivity contribution in [3.63, 3.8) is 0 Å². The maximum atomic E-state index is 14.8. The molecule has 0 spiro atoms. The van der Waals surface area contributed by atoms with E-state index in [0.29, 0.717) is 67.3 Å². The summed E-state index contributed by atoms with van der Waals surface area (Å²) in [5, 5.41) is 19.9. The Labute approximate surface area is 202 Å². The lowest BCUT2D eigenvalue weighted by Gasteiger charge is -2.35. The number of unbranched alkanes of at least 4 members (excludes halogenated alkanes) is 2. The van der Waals surface area contributed by atoms with Crippen LogP contribution < -0.4 is 10.9 Å². The lowest BCUT2D eigenvalue weighted by atomic mass is 9.99. The number of aromatic nitrogens is 2. The van der Waals surface area contributed by atoms with Gasteiger partial charge in [-0.15, -0.1) is 0 Å². The number of piperazine rings is 1. The van der Waals surface area contributed by atoms with Gasteiger partial charge in [0.1, 0.15) is 11.9 Å². The van der Waals surface area contributed by atoms with E-state index in [9.17, 15) is 18.8 Å². The molecule has 1 atom stereocenters. The van der Waals surface area contributed by atoms with Crippen LogP contribution in [0.25, 0.3) is 10.8 Å². The minimum atomic E-state index is -0.654. The molecule has 9 heteroatoms. The first kappa shape index (κ1) is 24.7. The number of amides is 1. The van der Waals surface area contributed by atoms with Gasteiger partial charge in [-0.1, -0.05) is 30.7 Å². The molecule has 0 bridgehead atoms. The third-order valence-corrected chi connectivity index (χ3v) is 6.36. The topological polar surface area (TPSA) is 115 Å². The van der Waals surface area contributed by atoms with E-state index in [-0.39, 0.29) is 23.5 Å². The number of rotatable bonds is 9. The Hall–Kier alpha value is -3.43. The molecule has 1 aromatic heterocycles. The molecule has 1 fully saturated rings. The number of halogens is 1. The van der Waals surface area contributed by atoms with E-state index in [1.165, 1.54) is 17.0 Å². The molecular formula is C26H29FN4O4. The van der Waals surface area contributed by atoms with Gasteiger partial charge in [-0.3, -0.25) is 14.4 Å². The van der Waals surface area contributed by atoms with Gasteiger partial charge in [-0.05, 0) is 36.6 Å². The van der Waals surface area contributed by atoms with Gasteiger partial charge in [0.15, 0.2) is 5.78 Å². The summed E-state index contributed by atoms with van der Waals surface area (Å²) in [5.74, 6) is -1.23. The number of H-pyrrole nitrogens is 1. The van der Waals surface area contributed by atoms with E-state index >= 15 is 0 Å². The number of Topliss-reactive ketones (excluding diaryl/α,β-unsaturated/α-hetero) is 1. The summed E-state index contributed by atoms with van der Waals surface area (Å²) in [6, 6.07) is 10.8. The second-order valence-corrected chi connectivity index (χ2v) is 8.76. The van der Waals surface area contributed by atoms with Crippen molar-refractivity contribution in [2.45, 2.75) is 38.1 Å². The number of ketones is 1. The van der Waals surface area contributed by atoms with Crippen LogP contribution in [0.15, 0.2) is 47.3 Å². The zero-order chi connectivity index (χ0) is 24.8. The summed E-state index contributed by atoms with van der Waals surface area (Å²) in [6.45, 7) is 1.25. The largest absolute Gasteiger partial charge is 0.396 e. The molecule has 0 saturated carbocycles. The number of fused-ring (bicyclic) bond motifs is 1. The van der Waals surface area contributed by atoms with Crippen LogP contribution in [0.4, 0.5) is 4.39 Å². The van der Waals surface area contributed by atoms with Crippen LogP contribution in [-0.2, 0) is 11.2 Å². The van der Waals surface area contributed by atoms with Gasteiger partial charge in [0, 0.05) is 44.5 Å². The predicted octanol–water partition coefficient (Wildman–Crippen LogP) is 2.19. The Balaban J connectivity index is 1.56. The number of aliphatic hydroxyl groups is 1. The third kappa shape index (κ3) is 5.63. The van der Waals surface area contributed by atoms with Crippen molar-refractivity contribution in [1.29, 1.82) is 0 Å². The number of carbonyl (C=O) groups excluding carboxylic acids is 2. The number of nitrogens with one attached hydrogen (secondary N) is 2. The van der Waals surface area contributed by atoms with Crippen molar-refractivity contribution in [2.24, 2.45) is 0 Å². The molecule has 4 rings (SSSR count). The van der Waals surface area contributed by atoms with E-state index < -0.39 is 17.8 Å². The summed E-state index contributed by atoms with van der Waals surface area (Å²) in [7, 11) is 0. The minimum absolute atomic E-state index is 0.0658. The van der Waals surface area contributed by atoms with Gasteiger partial charge in [-0.2, -0.15) is 5.10 Å². The van der Waals surface area contributed by atoms with Crippen LogP contribution in [0.1, 0.15) is 47.3 Å². The van der Waals surface area contributed by atoms with E-state index in [1.54, 1.807) is 24.3 Å². The second kappa shape index (κ2) is 11.3. The van der Waals surface area contributed by atoms with Crippen LogP contribution in [0.2, 0.25) is 0 Å². The first-order valence-electron chi connectivity index (χ1n) is 11.9. The number of hydrogen-bond acceptors (Lipinski definition) is 6. The third-order valence-electron chi connectivity index (χ3n) is 6.36. The van der Waals surface area contributed by atoms with Crippen molar-refractivity contribution < 1.29 is 19.1 Å². The van der Waals surface area contributed by atoms with Gasteiger partial charge in [0.05, 0.1) is 16.6 Å². The molecule has 1 unspecified atom stereocenters. The SMILES string of the molecule is O=C(CCCCCO)C1CNCCN1C(=O)c1cc(Cc2n[nH]c(=O)c3ccccc23)ccc1F. The molecule has 1 amide bonds. The van der Waals surface area contributed by atoms with Crippen LogP contribution >= 0.6 is 0 Å². The van der Waals surface area contributed by atoms with Crippen molar-refractivity contribution in [1.82, 2.24) is 20.4 Å². The predicted molar refractivity (Wildman–Crippen MR) is 130 cm³/mol. The number of aromatic amines is 1. The first-order valence-corrected chi connectivity index (χ1v) is 11.9. The molecule has 1 aliphatic heterocycles. The maximum absolute atomic E-state index is 14.8. The highest BCUT2D eigenvalue weighted by Gasteiger charge is 2.33. The summed E-state index contributed by atoms with van der Waals surface area (Å²) in [6.07, 6.45) is 2.62. The number of hydrogen-bond donors (Lipinski definition) is 3. The van der Waals surface area contributed by atoms with E-state index in [4.69, 9.17) is 5.11 Å². The van der Waals surface area contributed by atoms with Crippen LogP contribution in [0.3, 0.4) is 0 Å².